The minimum Gasteiger partial charge on any atom is -0.497 e. The summed E-state index contributed by atoms with van der Waals surface area (Å²) in [5, 5.41) is 0. The predicted molar refractivity (Wildman–Crippen MR) is 132 cm³/mol. The SMILES string of the molecule is COc1cc(C)c2c(c1)CC[C@](C)(CC1=C[C@]3(C)CCC[C@]3(C)[C@@]3(C[C@@H](OC)C(C)(C)O3)O1)O2. The van der Waals surface area contributed by atoms with E-state index in [0.717, 1.165) is 61.3 Å². The molecule has 1 aromatic carbocycles. The molecule has 0 amide bonds. The first kappa shape index (κ1) is 24.0. The van der Waals surface area contributed by atoms with Gasteiger partial charge < -0.3 is 23.7 Å². The molecule has 0 aromatic heterocycles. The van der Waals surface area contributed by atoms with Crippen molar-refractivity contribution in [3.8, 4) is 11.5 Å². The number of allylic oxidation sites excluding steroid dienone is 1. The Morgan fingerprint density at radius 3 is 2.44 bits per heavy atom. The molecule has 5 atom stereocenters. The van der Waals surface area contributed by atoms with Crippen LogP contribution in [0.1, 0.15) is 84.3 Å². The predicted octanol–water partition coefficient (Wildman–Crippen LogP) is 6.50. The topological polar surface area (TPSA) is 46.2 Å². The van der Waals surface area contributed by atoms with E-state index < -0.39 is 11.4 Å². The van der Waals surface area contributed by atoms with Crippen LogP contribution in [0, 0.1) is 17.8 Å². The van der Waals surface area contributed by atoms with Gasteiger partial charge in [-0.2, -0.15) is 0 Å². The number of fused-ring (bicyclic) bond motifs is 3. The lowest BCUT2D eigenvalue weighted by atomic mass is 9.60. The number of rotatable bonds is 4. The fraction of sp³-hybridized carbons (Fsp3) is 0.724. The summed E-state index contributed by atoms with van der Waals surface area (Å²) < 4.78 is 31.9. The standard InChI is InChI=1S/C29H42O5/c1-19-14-21(30-7)15-20-10-13-27(5,33-24(19)20)17-22-16-26(4)11-9-12-28(26,6)29(32-22)18-23(31-8)25(2,3)34-29/h14-16,23H,9-13,17-18H2,1-8H3/t23-,26+,27-,28+,29+/m1/s1. The molecule has 1 saturated carbocycles. The highest BCUT2D eigenvalue weighted by Crippen LogP contribution is 2.67. The minimum atomic E-state index is -0.682. The average Bonchev–Trinajstić information content (AvgIpc) is 3.21. The molecule has 34 heavy (non-hydrogen) atoms. The van der Waals surface area contributed by atoms with Crippen LogP contribution >= 0.6 is 0 Å². The zero-order chi connectivity index (χ0) is 24.6. The summed E-state index contributed by atoms with van der Waals surface area (Å²) in [6, 6.07) is 4.16. The molecule has 1 spiro atoms. The number of methoxy groups -OCH3 is 2. The third kappa shape index (κ3) is 3.41. The molecule has 1 aliphatic carbocycles. The molecule has 5 rings (SSSR count). The Morgan fingerprint density at radius 1 is 1.00 bits per heavy atom. The minimum absolute atomic E-state index is 0.000417. The van der Waals surface area contributed by atoms with Crippen molar-refractivity contribution < 1.29 is 23.7 Å². The summed E-state index contributed by atoms with van der Waals surface area (Å²) in [6.07, 6.45) is 9.22. The highest BCUT2D eigenvalue weighted by atomic mass is 16.7. The Kier molecular flexibility index (Phi) is 5.39. The van der Waals surface area contributed by atoms with E-state index in [-0.39, 0.29) is 22.5 Å². The van der Waals surface area contributed by atoms with Crippen LogP contribution in [-0.4, -0.2) is 37.3 Å². The molecule has 1 saturated heterocycles. The van der Waals surface area contributed by atoms with E-state index in [9.17, 15) is 0 Å². The summed E-state index contributed by atoms with van der Waals surface area (Å²) in [5.41, 5.74) is 1.53. The molecule has 188 valence electrons. The first-order chi connectivity index (χ1) is 15.9. The highest BCUT2D eigenvalue weighted by Gasteiger charge is 2.70. The Morgan fingerprint density at radius 2 is 1.76 bits per heavy atom. The van der Waals surface area contributed by atoms with Gasteiger partial charge in [0.15, 0.2) is 0 Å². The molecular weight excluding hydrogens is 428 g/mol. The van der Waals surface area contributed by atoms with Gasteiger partial charge in [0.2, 0.25) is 5.79 Å². The largest absolute Gasteiger partial charge is 0.497 e. The molecular formula is C29H42O5. The van der Waals surface area contributed by atoms with Crippen molar-refractivity contribution in [2.24, 2.45) is 10.8 Å². The summed E-state index contributed by atoms with van der Waals surface area (Å²) in [4.78, 5) is 0. The second-order valence-corrected chi connectivity index (χ2v) is 12.4. The number of ether oxygens (including phenoxy) is 5. The van der Waals surface area contributed by atoms with Crippen molar-refractivity contribution in [3.63, 3.8) is 0 Å². The normalized spacial score (nSPS) is 40.2. The average molecular weight is 471 g/mol. The Hall–Kier alpha value is -1.72. The van der Waals surface area contributed by atoms with E-state index in [0.29, 0.717) is 0 Å². The second-order valence-electron chi connectivity index (χ2n) is 12.4. The van der Waals surface area contributed by atoms with E-state index >= 15 is 0 Å². The van der Waals surface area contributed by atoms with Gasteiger partial charge in [-0.3, -0.25) is 0 Å². The summed E-state index contributed by atoms with van der Waals surface area (Å²) in [7, 11) is 3.51. The van der Waals surface area contributed by atoms with Crippen LogP contribution in [0.4, 0.5) is 0 Å². The molecule has 3 heterocycles. The van der Waals surface area contributed by atoms with Gasteiger partial charge in [0.25, 0.3) is 0 Å². The quantitative estimate of drug-likeness (QED) is 0.503. The molecule has 3 aliphatic heterocycles. The number of aryl methyl sites for hydroxylation is 2. The van der Waals surface area contributed by atoms with Gasteiger partial charge in [0.05, 0.1) is 18.8 Å². The number of hydrogen-bond donors (Lipinski definition) is 0. The first-order valence-electron chi connectivity index (χ1n) is 12.9. The van der Waals surface area contributed by atoms with Crippen LogP contribution in [0.2, 0.25) is 0 Å². The molecule has 0 N–H and O–H groups in total. The lowest BCUT2D eigenvalue weighted by Crippen LogP contribution is -2.57. The van der Waals surface area contributed by atoms with Crippen LogP contribution in [0.3, 0.4) is 0 Å². The molecule has 0 unspecified atom stereocenters. The highest BCUT2D eigenvalue weighted by molar-refractivity contribution is 5.48. The Labute approximate surface area is 205 Å². The van der Waals surface area contributed by atoms with Crippen molar-refractivity contribution in [2.75, 3.05) is 14.2 Å². The van der Waals surface area contributed by atoms with Crippen molar-refractivity contribution in [1.82, 2.24) is 0 Å². The van der Waals surface area contributed by atoms with E-state index in [1.54, 1.807) is 14.2 Å². The van der Waals surface area contributed by atoms with Gasteiger partial charge in [-0.05, 0) is 82.7 Å². The van der Waals surface area contributed by atoms with E-state index in [4.69, 9.17) is 23.7 Å². The number of benzene rings is 1. The Balaban J connectivity index is 1.47. The van der Waals surface area contributed by atoms with Crippen molar-refractivity contribution in [3.05, 3.63) is 35.1 Å². The van der Waals surface area contributed by atoms with Crippen molar-refractivity contribution >= 4 is 0 Å². The molecule has 2 fully saturated rings. The van der Waals surface area contributed by atoms with Crippen LogP contribution < -0.4 is 9.47 Å². The zero-order valence-electron chi connectivity index (χ0n) is 22.3. The van der Waals surface area contributed by atoms with Gasteiger partial charge >= 0.3 is 0 Å². The lowest BCUT2D eigenvalue weighted by Gasteiger charge is -2.55. The maximum absolute atomic E-state index is 6.97. The smallest absolute Gasteiger partial charge is 0.219 e. The molecule has 0 bridgehead atoms. The lowest BCUT2D eigenvalue weighted by molar-refractivity contribution is -0.311. The fourth-order valence-corrected chi connectivity index (χ4v) is 7.26. The zero-order valence-corrected chi connectivity index (χ0v) is 22.3. The second kappa shape index (κ2) is 7.64. The maximum Gasteiger partial charge on any atom is 0.219 e. The van der Waals surface area contributed by atoms with E-state index in [1.165, 1.54) is 12.0 Å². The van der Waals surface area contributed by atoms with Gasteiger partial charge in [0, 0.05) is 30.8 Å². The van der Waals surface area contributed by atoms with E-state index in [1.807, 2.05) is 0 Å². The Bertz CT molecular complexity index is 1010. The summed E-state index contributed by atoms with van der Waals surface area (Å²) in [6.45, 7) is 13.4. The van der Waals surface area contributed by atoms with Gasteiger partial charge in [0.1, 0.15) is 22.9 Å². The van der Waals surface area contributed by atoms with E-state index in [2.05, 4.69) is 59.8 Å². The van der Waals surface area contributed by atoms with Crippen molar-refractivity contribution in [2.45, 2.75) is 110 Å². The molecule has 5 heteroatoms. The third-order valence-electron chi connectivity index (χ3n) is 9.57. The first-order valence-corrected chi connectivity index (χ1v) is 12.9. The third-order valence-corrected chi connectivity index (χ3v) is 9.57. The van der Waals surface area contributed by atoms with Crippen LogP contribution in [0.5, 0.6) is 11.5 Å². The van der Waals surface area contributed by atoms with Crippen LogP contribution in [0.15, 0.2) is 24.0 Å². The van der Waals surface area contributed by atoms with Crippen LogP contribution in [0.25, 0.3) is 0 Å². The molecule has 5 nitrogen and oxygen atoms in total. The summed E-state index contributed by atoms with van der Waals surface area (Å²) in [5.74, 6) is 2.21. The van der Waals surface area contributed by atoms with Gasteiger partial charge in [-0.25, -0.2) is 0 Å². The monoisotopic (exact) mass is 470 g/mol. The summed E-state index contributed by atoms with van der Waals surface area (Å²) >= 11 is 0. The van der Waals surface area contributed by atoms with Crippen molar-refractivity contribution in [1.29, 1.82) is 0 Å². The number of hydrogen-bond acceptors (Lipinski definition) is 5. The maximum atomic E-state index is 6.97. The fourth-order valence-electron chi connectivity index (χ4n) is 7.26. The van der Waals surface area contributed by atoms with Gasteiger partial charge in [-0.15, -0.1) is 0 Å². The molecule has 4 aliphatic rings. The molecule has 1 aromatic rings. The van der Waals surface area contributed by atoms with Gasteiger partial charge in [-0.1, -0.05) is 20.3 Å². The molecule has 0 radical (unpaired) electrons. The van der Waals surface area contributed by atoms with Crippen LogP contribution in [-0.2, 0) is 20.6 Å².